The third kappa shape index (κ3) is 4.07. The number of amides is 1. The van der Waals surface area contributed by atoms with Gasteiger partial charge >= 0.3 is 5.97 Å². The second-order valence-corrected chi connectivity index (χ2v) is 8.31. The summed E-state index contributed by atoms with van der Waals surface area (Å²) in [6, 6.07) is 13.0. The van der Waals surface area contributed by atoms with Gasteiger partial charge < -0.3 is 10.1 Å². The van der Waals surface area contributed by atoms with Crippen molar-refractivity contribution in [1.29, 1.82) is 0 Å². The number of fused-ring (bicyclic) bond motifs is 1. The minimum atomic E-state index is -0.467. The number of rotatable bonds is 4. The van der Waals surface area contributed by atoms with Crippen LogP contribution in [0.5, 0.6) is 0 Å². The van der Waals surface area contributed by atoms with Crippen molar-refractivity contribution < 1.29 is 14.3 Å². The monoisotopic (exact) mass is 425 g/mol. The third-order valence-corrected chi connectivity index (χ3v) is 6.32. The molecular formula is C23H20ClNO3S. The summed E-state index contributed by atoms with van der Waals surface area (Å²) in [6.45, 7) is 0. The summed E-state index contributed by atoms with van der Waals surface area (Å²) in [5, 5.41) is 5.78. The Morgan fingerprint density at radius 1 is 1.03 bits per heavy atom. The minimum absolute atomic E-state index is 0.300. The number of benzene rings is 2. The van der Waals surface area contributed by atoms with Crippen molar-refractivity contribution in [3.05, 3.63) is 75.1 Å². The van der Waals surface area contributed by atoms with Gasteiger partial charge in [0, 0.05) is 21.5 Å². The first kappa shape index (κ1) is 19.7. The quantitative estimate of drug-likeness (QED) is 0.522. The molecule has 1 aromatic heterocycles. The van der Waals surface area contributed by atoms with Crippen LogP contribution in [0.1, 0.15) is 44.7 Å². The molecule has 29 heavy (non-hydrogen) atoms. The Hall–Kier alpha value is -2.63. The molecule has 4 nitrogen and oxygen atoms in total. The molecule has 0 saturated heterocycles. The Morgan fingerprint density at radius 3 is 2.48 bits per heavy atom. The molecule has 0 spiro atoms. The molecule has 0 aliphatic heterocycles. The largest absolute Gasteiger partial charge is 0.465 e. The molecular weight excluding hydrogens is 406 g/mol. The van der Waals surface area contributed by atoms with Crippen molar-refractivity contribution in [3.63, 3.8) is 0 Å². The Balaban J connectivity index is 1.69. The summed E-state index contributed by atoms with van der Waals surface area (Å²) in [5.41, 5.74) is 5.31. The van der Waals surface area contributed by atoms with Crippen molar-refractivity contribution in [2.75, 3.05) is 12.4 Å². The molecule has 4 rings (SSSR count). The van der Waals surface area contributed by atoms with Crippen molar-refractivity contribution in [3.8, 4) is 11.1 Å². The number of methoxy groups -OCH3 is 1. The Bertz CT molecular complexity index is 1070. The zero-order valence-corrected chi connectivity index (χ0v) is 17.5. The maximum Gasteiger partial charge on any atom is 0.341 e. The zero-order chi connectivity index (χ0) is 20.4. The molecule has 1 amide bonds. The number of nitrogens with one attached hydrogen (secondary N) is 1. The highest BCUT2D eigenvalue weighted by Gasteiger charge is 2.23. The topological polar surface area (TPSA) is 55.4 Å². The van der Waals surface area contributed by atoms with Gasteiger partial charge in [-0.3, -0.25) is 4.79 Å². The molecule has 0 saturated carbocycles. The molecule has 1 aliphatic carbocycles. The van der Waals surface area contributed by atoms with E-state index in [1.54, 1.807) is 24.3 Å². The van der Waals surface area contributed by atoms with Crippen molar-refractivity contribution in [1.82, 2.24) is 0 Å². The van der Waals surface area contributed by atoms with E-state index < -0.39 is 5.97 Å². The second kappa shape index (κ2) is 8.39. The van der Waals surface area contributed by atoms with Crippen molar-refractivity contribution in [2.24, 2.45) is 0 Å². The highest BCUT2D eigenvalue weighted by atomic mass is 35.5. The van der Waals surface area contributed by atoms with Crippen LogP contribution < -0.4 is 5.32 Å². The lowest BCUT2D eigenvalue weighted by Crippen LogP contribution is -2.14. The smallest absolute Gasteiger partial charge is 0.341 e. The lowest BCUT2D eigenvalue weighted by Gasteiger charge is -2.16. The number of hydrogen-bond acceptors (Lipinski definition) is 4. The fraction of sp³-hybridized carbons (Fsp3) is 0.217. The van der Waals surface area contributed by atoms with Gasteiger partial charge in [-0.05, 0) is 66.6 Å². The van der Waals surface area contributed by atoms with Crippen molar-refractivity contribution in [2.45, 2.75) is 25.7 Å². The summed E-state index contributed by atoms with van der Waals surface area (Å²) >= 11 is 7.21. The molecule has 3 aromatic rings. The molecule has 0 bridgehead atoms. The second-order valence-electron chi connectivity index (χ2n) is 7.00. The van der Waals surface area contributed by atoms with E-state index >= 15 is 0 Å². The van der Waals surface area contributed by atoms with Crippen molar-refractivity contribution >= 4 is 39.8 Å². The van der Waals surface area contributed by atoms with Gasteiger partial charge in [0.15, 0.2) is 0 Å². The van der Waals surface area contributed by atoms with Crippen LogP contribution in [0.2, 0.25) is 5.02 Å². The SMILES string of the molecule is COC(=O)c1c(-c2ccc3c(c2)CCCC3)csc1NC(=O)c1ccc(Cl)cc1. The molecule has 0 unspecified atom stereocenters. The van der Waals surface area contributed by atoms with Gasteiger partial charge in [-0.15, -0.1) is 11.3 Å². The maximum absolute atomic E-state index is 12.6. The number of esters is 1. The summed E-state index contributed by atoms with van der Waals surface area (Å²) in [4.78, 5) is 25.2. The van der Waals surface area contributed by atoms with E-state index in [-0.39, 0.29) is 5.91 Å². The molecule has 1 aliphatic rings. The zero-order valence-electron chi connectivity index (χ0n) is 16.0. The van der Waals surface area contributed by atoms with Gasteiger partial charge in [0.1, 0.15) is 10.6 Å². The number of hydrogen-bond donors (Lipinski definition) is 1. The molecule has 148 valence electrons. The number of halogens is 1. The standard InChI is InChI=1S/C23H20ClNO3S/c1-28-23(27)20-19(17-7-6-14-4-2-3-5-16(14)12-17)13-29-22(20)25-21(26)15-8-10-18(24)11-9-15/h6-13H,2-5H2,1H3,(H,25,26). The van der Waals surface area contributed by atoms with Gasteiger partial charge in [-0.2, -0.15) is 0 Å². The van der Waals surface area contributed by atoms with E-state index in [1.165, 1.54) is 42.4 Å². The van der Waals surface area contributed by atoms with Crippen LogP contribution in [-0.4, -0.2) is 19.0 Å². The van der Waals surface area contributed by atoms with Crippen LogP contribution >= 0.6 is 22.9 Å². The average Bonchev–Trinajstić information content (AvgIpc) is 3.16. The van der Waals surface area contributed by atoms with Gasteiger partial charge in [0.25, 0.3) is 5.91 Å². The van der Waals surface area contributed by atoms with Crippen LogP contribution in [0.4, 0.5) is 5.00 Å². The van der Waals surface area contributed by atoms with Gasteiger partial charge in [0.2, 0.25) is 0 Å². The molecule has 2 aromatic carbocycles. The Morgan fingerprint density at radius 2 is 1.76 bits per heavy atom. The lowest BCUT2D eigenvalue weighted by atomic mass is 9.89. The molecule has 0 fully saturated rings. The summed E-state index contributed by atoms with van der Waals surface area (Å²) in [5.74, 6) is -0.768. The average molecular weight is 426 g/mol. The predicted molar refractivity (Wildman–Crippen MR) is 117 cm³/mol. The molecule has 0 radical (unpaired) electrons. The third-order valence-electron chi connectivity index (χ3n) is 5.17. The van der Waals surface area contributed by atoms with Crippen LogP contribution in [0.3, 0.4) is 0 Å². The highest BCUT2D eigenvalue weighted by Crippen LogP contribution is 2.38. The van der Waals surface area contributed by atoms with Crippen LogP contribution in [0.25, 0.3) is 11.1 Å². The molecule has 1 N–H and O–H groups in total. The Kier molecular flexibility index (Phi) is 5.69. The van der Waals surface area contributed by atoms with Gasteiger partial charge in [-0.25, -0.2) is 4.79 Å². The summed E-state index contributed by atoms with van der Waals surface area (Å²) < 4.78 is 5.01. The van der Waals surface area contributed by atoms with E-state index in [0.29, 0.717) is 21.2 Å². The van der Waals surface area contributed by atoms with Gasteiger partial charge in [-0.1, -0.05) is 29.8 Å². The van der Waals surface area contributed by atoms with E-state index in [1.807, 2.05) is 11.4 Å². The minimum Gasteiger partial charge on any atom is -0.465 e. The number of anilines is 1. The van der Waals surface area contributed by atoms with E-state index in [9.17, 15) is 9.59 Å². The Labute approximate surface area is 178 Å². The number of aryl methyl sites for hydroxylation is 2. The maximum atomic E-state index is 12.6. The number of carbonyl (C=O) groups is 2. The number of carbonyl (C=O) groups excluding carboxylic acids is 2. The molecule has 6 heteroatoms. The fourth-order valence-corrected chi connectivity index (χ4v) is 4.72. The van der Waals surface area contributed by atoms with Gasteiger partial charge in [0.05, 0.1) is 7.11 Å². The molecule has 0 atom stereocenters. The van der Waals surface area contributed by atoms with E-state index in [0.717, 1.165) is 24.0 Å². The number of thiophene rings is 1. The summed E-state index contributed by atoms with van der Waals surface area (Å²) in [6.07, 6.45) is 4.57. The first-order valence-electron chi connectivity index (χ1n) is 9.45. The number of ether oxygens (including phenoxy) is 1. The predicted octanol–water partition coefficient (Wildman–Crippen LogP) is 5.99. The van der Waals surface area contributed by atoms with Crippen LogP contribution in [0.15, 0.2) is 47.8 Å². The fourth-order valence-electron chi connectivity index (χ4n) is 3.64. The summed E-state index contributed by atoms with van der Waals surface area (Å²) in [7, 11) is 1.35. The first-order valence-corrected chi connectivity index (χ1v) is 10.7. The first-order chi connectivity index (χ1) is 14.1. The van der Waals surface area contributed by atoms with E-state index in [2.05, 4.69) is 17.4 Å². The normalized spacial score (nSPS) is 12.9. The highest BCUT2D eigenvalue weighted by molar-refractivity contribution is 7.15. The van der Waals surface area contributed by atoms with E-state index in [4.69, 9.17) is 16.3 Å². The van der Waals surface area contributed by atoms with Crippen LogP contribution in [0, 0.1) is 0 Å². The molecule has 1 heterocycles. The lowest BCUT2D eigenvalue weighted by molar-refractivity contribution is 0.0603. The van der Waals surface area contributed by atoms with Crippen LogP contribution in [-0.2, 0) is 17.6 Å².